The van der Waals surface area contributed by atoms with E-state index in [1.807, 2.05) is 31.2 Å². The van der Waals surface area contributed by atoms with Gasteiger partial charge in [0.2, 0.25) is 5.91 Å². The van der Waals surface area contributed by atoms with Gasteiger partial charge in [-0.3, -0.25) is 4.79 Å². The van der Waals surface area contributed by atoms with Gasteiger partial charge in [0.1, 0.15) is 17.9 Å². The Morgan fingerprint density at radius 2 is 1.91 bits per heavy atom. The van der Waals surface area contributed by atoms with Crippen LogP contribution in [0.1, 0.15) is 19.4 Å². The highest BCUT2D eigenvalue weighted by Crippen LogP contribution is 2.17. The van der Waals surface area contributed by atoms with E-state index in [1.54, 1.807) is 31.2 Å². The molecule has 118 valence electrons. The minimum atomic E-state index is -0.445. The molecule has 2 N–H and O–H groups in total. The van der Waals surface area contributed by atoms with Crippen molar-refractivity contribution >= 4 is 17.3 Å². The van der Waals surface area contributed by atoms with Gasteiger partial charge in [0.05, 0.1) is 17.9 Å². The number of nitrogens with zero attached hydrogens (tertiary/aromatic N) is 1. The van der Waals surface area contributed by atoms with Crippen LogP contribution in [0.15, 0.2) is 48.5 Å². The Hall–Kier alpha value is -3.00. The first-order valence-electron chi connectivity index (χ1n) is 7.43. The zero-order chi connectivity index (χ0) is 16.7. The van der Waals surface area contributed by atoms with Crippen LogP contribution in [0, 0.1) is 11.3 Å². The number of hydrogen-bond donors (Lipinski definition) is 2. The van der Waals surface area contributed by atoms with E-state index < -0.39 is 6.04 Å². The van der Waals surface area contributed by atoms with Crippen LogP contribution in [-0.4, -0.2) is 18.6 Å². The lowest BCUT2D eigenvalue weighted by Crippen LogP contribution is -2.32. The number of nitrogens with one attached hydrogen (secondary N) is 2. The summed E-state index contributed by atoms with van der Waals surface area (Å²) in [6.07, 6.45) is 0. The maximum atomic E-state index is 12.2. The Morgan fingerprint density at radius 1 is 1.22 bits per heavy atom. The van der Waals surface area contributed by atoms with Crippen LogP contribution in [0.2, 0.25) is 0 Å². The Kier molecular flexibility index (Phi) is 5.59. The summed E-state index contributed by atoms with van der Waals surface area (Å²) < 4.78 is 5.38. The number of para-hydroxylation sites is 1. The largest absolute Gasteiger partial charge is 0.494 e. The molecule has 5 nitrogen and oxygen atoms in total. The predicted octanol–water partition coefficient (Wildman–Crippen LogP) is 3.40. The zero-order valence-corrected chi connectivity index (χ0v) is 13.2. The van der Waals surface area contributed by atoms with E-state index in [1.165, 1.54) is 0 Å². The second-order valence-electron chi connectivity index (χ2n) is 4.97. The van der Waals surface area contributed by atoms with Crippen molar-refractivity contribution in [1.29, 1.82) is 5.26 Å². The smallest absolute Gasteiger partial charge is 0.246 e. The van der Waals surface area contributed by atoms with E-state index in [-0.39, 0.29) is 5.91 Å². The summed E-state index contributed by atoms with van der Waals surface area (Å²) in [5, 5.41) is 14.9. The minimum absolute atomic E-state index is 0.207. The Balaban J connectivity index is 1.98. The maximum Gasteiger partial charge on any atom is 0.246 e. The molecule has 0 aliphatic rings. The van der Waals surface area contributed by atoms with Gasteiger partial charge in [-0.1, -0.05) is 12.1 Å². The Bertz CT molecular complexity index is 705. The molecule has 0 spiro atoms. The van der Waals surface area contributed by atoms with Crippen molar-refractivity contribution in [3.05, 3.63) is 54.1 Å². The fourth-order valence-electron chi connectivity index (χ4n) is 2.06. The third kappa shape index (κ3) is 4.48. The summed E-state index contributed by atoms with van der Waals surface area (Å²) in [6, 6.07) is 15.9. The monoisotopic (exact) mass is 309 g/mol. The molecule has 0 aliphatic carbocycles. The van der Waals surface area contributed by atoms with Gasteiger partial charge < -0.3 is 15.4 Å². The SMILES string of the molecule is CCOc1ccc(NC(C)C(=O)Nc2ccccc2C#N)cc1. The fraction of sp³-hybridized carbons (Fsp3) is 0.222. The summed E-state index contributed by atoms with van der Waals surface area (Å²) in [4.78, 5) is 12.2. The molecule has 23 heavy (non-hydrogen) atoms. The van der Waals surface area contributed by atoms with E-state index in [0.717, 1.165) is 11.4 Å². The van der Waals surface area contributed by atoms with Crippen LogP contribution >= 0.6 is 0 Å². The average molecular weight is 309 g/mol. The van der Waals surface area contributed by atoms with Crippen molar-refractivity contribution in [2.24, 2.45) is 0 Å². The van der Waals surface area contributed by atoms with Crippen molar-refractivity contribution in [2.45, 2.75) is 19.9 Å². The van der Waals surface area contributed by atoms with Crippen molar-refractivity contribution in [3.63, 3.8) is 0 Å². The minimum Gasteiger partial charge on any atom is -0.494 e. The number of anilines is 2. The van der Waals surface area contributed by atoms with Gasteiger partial charge in [-0.15, -0.1) is 0 Å². The number of rotatable bonds is 6. The molecule has 1 unspecified atom stereocenters. The van der Waals surface area contributed by atoms with Gasteiger partial charge in [-0.05, 0) is 50.2 Å². The number of amides is 1. The Labute approximate surface area is 135 Å². The van der Waals surface area contributed by atoms with Crippen LogP contribution in [0.3, 0.4) is 0 Å². The molecular weight excluding hydrogens is 290 g/mol. The predicted molar refractivity (Wildman–Crippen MR) is 90.5 cm³/mol. The van der Waals surface area contributed by atoms with Crippen LogP contribution in [0.5, 0.6) is 5.75 Å². The highest BCUT2D eigenvalue weighted by atomic mass is 16.5. The number of hydrogen-bond acceptors (Lipinski definition) is 4. The number of carbonyl (C=O) groups is 1. The van der Waals surface area contributed by atoms with Gasteiger partial charge >= 0.3 is 0 Å². The molecule has 1 amide bonds. The molecule has 0 aliphatic heterocycles. The number of carbonyl (C=O) groups excluding carboxylic acids is 1. The third-order valence-electron chi connectivity index (χ3n) is 3.25. The van der Waals surface area contributed by atoms with Crippen LogP contribution < -0.4 is 15.4 Å². The molecule has 0 bridgehead atoms. The highest BCUT2D eigenvalue weighted by Gasteiger charge is 2.14. The van der Waals surface area contributed by atoms with Crippen molar-refractivity contribution < 1.29 is 9.53 Å². The van der Waals surface area contributed by atoms with E-state index in [4.69, 9.17) is 10.00 Å². The number of benzene rings is 2. The first kappa shape index (κ1) is 16.4. The molecule has 2 aromatic rings. The summed E-state index contributed by atoms with van der Waals surface area (Å²) in [6.45, 7) is 4.31. The van der Waals surface area contributed by atoms with Crippen LogP contribution in [0.25, 0.3) is 0 Å². The fourth-order valence-corrected chi connectivity index (χ4v) is 2.06. The number of nitriles is 1. The lowest BCUT2D eigenvalue weighted by Gasteiger charge is -2.16. The zero-order valence-electron chi connectivity index (χ0n) is 13.2. The van der Waals surface area contributed by atoms with E-state index >= 15 is 0 Å². The normalized spacial score (nSPS) is 11.2. The standard InChI is InChI=1S/C18H19N3O2/c1-3-23-16-10-8-15(9-11-16)20-13(2)18(22)21-17-7-5-4-6-14(17)12-19/h4-11,13,20H,3H2,1-2H3,(H,21,22). The van der Waals surface area contributed by atoms with Crippen molar-refractivity contribution in [1.82, 2.24) is 0 Å². The second-order valence-corrected chi connectivity index (χ2v) is 4.97. The molecule has 2 rings (SSSR count). The van der Waals surface area contributed by atoms with Crippen LogP contribution in [-0.2, 0) is 4.79 Å². The summed E-state index contributed by atoms with van der Waals surface area (Å²) in [7, 11) is 0. The molecule has 2 aromatic carbocycles. The highest BCUT2D eigenvalue weighted by molar-refractivity contribution is 5.97. The lowest BCUT2D eigenvalue weighted by molar-refractivity contribution is -0.116. The van der Waals surface area contributed by atoms with Gasteiger partial charge in [-0.25, -0.2) is 0 Å². The molecule has 5 heteroatoms. The molecular formula is C18H19N3O2. The van der Waals surface area contributed by atoms with E-state index in [0.29, 0.717) is 17.9 Å². The molecule has 0 radical (unpaired) electrons. The number of ether oxygens (including phenoxy) is 1. The molecule has 0 aromatic heterocycles. The van der Waals surface area contributed by atoms with E-state index in [2.05, 4.69) is 16.7 Å². The van der Waals surface area contributed by atoms with Gasteiger partial charge in [0.25, 0.3) is 0 Å². The summed E-state index contributed by atoms with van der Waals surface area (Å²) in [5.41, 5.74) is 1.78. The molecule has 0 saturated heterocycles. The van der Waals surface area contributed by atoms with E-state index in [9.17, 15) is 4.79 Å². The quantitative estimate of drug-likeness (QED) is 0.857. The maximum absolute atomic E-state index is 12.2. The molecule has 1 atom stereocenters. The summed E-state index contributed by atoms with van der Waals surface area (Å²) >= 11 is 0. The first-order valence-corrected chi connectivity index (χ1v) is 7.43. The van der Waals surface area contributed by atoms with Crippen molar-refractivity contribution in [3.8, 4) is 11.8 Å². The molecule has 0 fully saturated rings. The third-order valence-corrected chi connectivity index (χ3v) is 3.25. The van der Waals surface area contributed by atoms with Crippen molar-refractivity contribution in [2.75, 3.05) is 17.2 Å². The topological polar surface area (TPSA) is 74.2 Å². The van der Waals surface area contributed by atoms with Gasteiger partial charge in [-0.2, -0.15) is 5.26 Å². The second kappa shape index (κ2) is 7.85. The Morgan fingerprint density at radius 3 is 2.57 bits per heavy atom. The first-order chi connectivity index (χ1) is 11.1. The molecule has 0 heterocycles. The van der Waals surface area contributed by atoms with Gasteiger partial charge in [0, 0.05) is 5.69 Å². The summed E-state index contributed by atoms with van der Waals surface area (Å²) in [5.74, 6) is 0.583. The average Bonchev–Trinajstić information content (AvgIpc) is 2.57. The lowest BCUT2D eigenvalue weighted by atomic mass is 10.2. The molecule has 0 saturated carbocycles. The van der Waals surface area contributed by atoms with Gasteiger partial charge in [0.15, 0.2) is 0 Å². The van der Waals surface area contributed by atoms with Crippen LogP contribution in [0.4, 0.5) is 11.4 Å².